The van der Waals surface area contributed by atoms with Gasteiger partial charge in [-0.05, 0) is 42.8 Å². The molecule has 0 aliphatic carbocycles. The second-order valence-corrected chi connectivity index (χ2v) is 9.93. The maximum atomic E-state index is 11.8. The third-order valence-electron chi connectivity index (χ3n) is 7.21. The van der Waals surface area contributed by atoms with Crippen molar-refractivity contribution in [1.82, 2.24) is 24.5 Å². The van der Waals surface area contributed by atoms with Gasteiger partial charge in [0.1, 0.15) is 17.7 Å². The smallest absolute Gasteiger partial charge is 0.407 e. The van der Waals surface area contributed by atoms with Crippen LogP contribution in [0.15, 0.2) is 55.0 Å². The number of carbonyl (C=O) groups excluding carboxylic acids is 1. The van der Waals surface area contributed by atoms with Gasteiger partial charge in [0.05, 0.1) is 49.7 Å². The summed E-state index contributed by atoms with van der Waals surface area (Å²) < 4.78 is 18.6. The number of nitrogens with zero attached hydrogens (tertiary/aromatic N) is 5. The van der Waals surface area contributed by atoms with Gasteiger partial charge in [-0.1, -0.05) is 0 Å². The van der Waals surface area contributed by atoms with Crippen molar-refractivity contribution in [2.75, 3.05) is 25.6 Å². The summed E-state index contributed by atoms with van der Waals surface area (Å²) in [5.74, 6) is 1.34. The number of piperidine rings is 1. The Balaban J connectivity index is 1.23. The number of aromatic nitrogens is 4. The highest BCUT2D eigenvalue weighted by Gasteiger charge is 2.42. The van der Waals surface area contributed by atoms with E-state index in [4.69, 9.17) is 14.2 Å². The minimum Gasteiger partial charge on any atom is -0.488 e. The topological polar surface area (TPSA) is 140 Å². The van der Waals surface area contributed by atoms with E-state index in [1.165, 1.54) is 18.2 Å². The molecule has 2 fully saturated rings. The van der Waals surface area contributed by atoms with Crippen molar-refractivity contribution in [2.24, 2.45) is 0 Å². The zero-order valence-corrected chi connectivity index (χ0v) is 22.0. The van der Waals surface area contributed by atoms with Crippen LogP contribution < -0.4 is 10.1 Å². The lowest BCUT2D eigenvalue weighted by Crippen LogP contribution is -2.60. The number of nitrogens with one attached hydrogen (secondary N) is 1. The molecule has 2 saturated heterocycles. The predicted molar refractivity (Wildman–Crippen MR) is 144 cm³/mol. The van der Waals surface area contributed by atoms with Crippen LogP contribution in [0.5, 0.6) is 5.75 Å². The molecular weight excluding hydrogens is 516 g/mol. The van der Waals surface area contributed by atoms with Crippen molar-refractivity contribution in [1.29, 1.82) is 0 Å². The molecule has 2 unspecified atom stereocenters. The Bertz CT molecular complexity index is 1560. The number of methoxy groups -OCH3 is 1. The van der Waals surface area contributed by atoms with Gasteiger partial charge in [0.2, 0.25) is 0 Å². The molecule has 1 amide bonds. The zero-order chi connectivity index (χ0) is 27.8. The van der Waals surface area contributed by atoms with Crippen LogP contribution in [0, 0.1) is 6.92 Å². The first kappa shape index (κ1) is 25.6. The molecule has 12 nitrogen and oxygen atoms in total. The van der Waals surface area contributed by atoms with E-state index in [-0.39, 0.29) is 18.2 Å². The Morgan fingerprint density at radius 2 is 1.85 bits per heavy atom. The maximum absolute atomic E-state index is 11.8. The molecule has 4 aromatic rings. The Morgan fingerprint density at radius 1 is 1.05 bits per heavy atom. The van der Waals surface area contributed by atoms with Crippen molar-refractivity contribution < 1.29 is 28.9 Å². The van der Waals surface area contributed by atoms with E-state index in [9.17, 15) is 14.7 Å². The third kappa shape index (κ3) is 5.00. The van der Waals surface area contributed by atoms with Gasteiger partial charge in [0.15, 0.2) is 5.82 Å². The van der Waals surface area contributed by atoms with Crippen molar-refractivity contribution in [2.45, 2.75) is 38.0 Å². The number of amides is 1. The lowest BCUT2D eigenvalue weighted by Gasteiger charge is -2.46. The fourth-order valence-corrected chi connectivity index (χ4v) is 5.38. The number of carboxylic acid groups (broad SMARTS) is 1. The van der Waals surface area contributed by atoms with Gasteiger partial charge in [-0.3, -0.25) is 9.88 Å². The van der Waals surface area contributed by atoms with E-state index in [1.54, 1.807) is 22.8 Å². The van der Waals surface area contributed by atoms with Crippen molar-refractivity contribution in [3.05, 3.63) is 66.2 Å². The standard InChI is InChI=1S/C28H28N6O6/c1-16-7-23(24(13-29-16)40-22-9-20-14-39-15-21(10-22)34(20)28(36)37)17-5-6-33-19(8-17)11-26(32-33)31-25-4-3-18(12-30-25)27(35)38-2/h3-8,11-13,20-22H,9-10,14-15H2,1-2H3,(H,36,37)(H,30,31,32). The van der Waals surface area contributed by atoms with Gasteiger partial charge >= 0.3 is 12.1 Å². The molecule has 2 aliphatic rings. The minimum absolute atomic E-state index is 0.148. The number of aryl methyl sites for hydroxylation is 1. The number of carbonyl (C=O) groups is 2. The fraction of sp³-hybridized carbons (Fsp3) is 0.321. The zero-order valence-electron chi connectivity index (χ0n) is 22.0. The quantitative estimate of drug-likeness (QED) is 0.343. The summed E-state index contributed by atoms with van der Waals surface area (Å²) in [5.41, 5.74) is 3.90. The summed E-state index contributed by atoms with van der Waals surface area (Å²) in [4.78, 5) is 33.6. The van der Waals surface area contributed by atoms with Crippen LogP contribution in [0.1, 0.15) is 28.9 Å². The van der Waals surface area contributed by atoms with Crippen LogP contribution in [0.25, 0.3) is 16.6 Å². The maximum Gasteiger partial charge on any atom is 0.407 e. The average Bonchev–Trinajstić information content (AvgIpc) is 3.35. The number of ether oxygens (including phenoxy) is 3. The summed E-state index contributed by atoms with van der Waals surface area (Å²) in [7, 11) is 1.33. The van der Waals surface area contributed by atoms with Gasteiger partial charge in [-0.25, -0.2) is 19.1 Å². The second-order valence-electron chi connectivity index (χ2n) is 9.93. The molecule has 0 radical (unpaired) electrons. The number of morpholine rings is 1. The Labute approximate surface area is 229 Å². The molecule has 0 saturated carbocycles. The van der Waals surface area contributed by atoms with E-state index in [0.717, 1.165) is 22.3 Å². The van der Waals surface area contributed by atoms with E-state index < -0.39 is 12.1 Å². The fourth-order valence-electron chi connectivity index (χ4n) is 5.38. The van der Waals surface area contributed by atoms with Crippen LogP contribution >= 0.6 is 0 Å². The SMILES string of the molecule is COC(=O)c1ccc(Nc2cc3cc(-c4cc(C)ncc4OC4CC5COCC(C4)N5C(=O)O)ccn3n2)nc1. The Morgan fingerprint density at radius 3 is 2.55 bits per heavy atom. The molecule has 40 heavy (non-hydrogen) atoms. The van der Waals surface area contributed by atoms with Crippen molar-refractivity contribution in [3.63, 3.8) is 0 Å². The summed E-state index contributed by atoms with van der Waals surface area (Å²) in [6.07, 6.45) is 5.11. The molecule has 12 heteroatoms. The van der Waals surface area contributed by atoms with Crippen molar-refractivity contribution >= 4 is 29.2 Å². The Kier molecular flexibility index (Phi) is 6.68. The normalized spacial score (nSPS) is 20.2. The molecular formula is C28H28N6O6. The number of anilines is 2. The number of fused-ring (bicyclic) bond motifs is 3. The molecule has 0 aromatic carbocycles. The summed E-state index contributed by atoms with van der Waals surface area (Å²) in [5, 5.41) is 17.4. The second kappa shape index (κ2) is 10.5. The number of esters is 1. The minimum atomic E-state index is -0.911. The number of pyridine rings is 3. The summed E-state index contributed by atoms with van der Waals surface area (Å²) in [6.45, 7) is 2.68. The van der Waals surface area contributed by atoms with E-state index in [0.29, 0.717) is 49.0 Å². The largest absolute Gasteiger partial charge is 0.488 e. The van der Waals surface area contributed by atoms with Gasteiger partial charge in [-0.15, -0.1) is 0 Å². The van der Waals surface area contributed by atoms with E-state index >= 15 is 0 Å². The van der Waals surface area contributed by atoms with Crippen LogP contribution in [0.4, 0.5) is 16.4 Å². The van der Waals surface area contributed by atoms with Crippen LogP contribution in [0.3, 0.4) is 0 Å². The van der Waals surface area contributed by atoms with Gasteiger partial charge in [-0.2, -0.15) is 5.10 Å². The first-order valence-corrected chi connectivity index (χ1v) is 12.9. The molecule has 2 atom stereocenters. The van der Waals surface area contributed by atoms with E-state index in [1.807, 2.05) is 37.4 Å². The molecule has 4 aromatic heterocycles. The highest BCUT2D eigenvalue weighted by atomic mass is 16.5. The van der Waals surface area contributed by atoms with Gasteiger partial charge < -0.3 is 24.6 Å². The predicted octanol–water partition coefficient (Wildman–Crippen LogP) is 3.92. The molecule has 2 N–H and O–H groups in total. The molecule has 2 bridgehead atoms. The molecule has 6 heterocycles. The van der Waals surface area contributed by atoms with E-state index in [2.05, 4.69) is 20.4 Å². The van der Waals surface area contributed by atoms with Crippen LogP contribution in [0.2, 0.25) is 0 Å². The molecule has 0 spiro atoms. The Hall–Kier alpha value is -4.71. The van der Waals surface area contributed by atoms with Crippen molar-refractivity contribution in [3.8, 4) is 16.9 Å². The first-order chi connectivity index (χ1) is 19.4. The highest BCUT2D eigenvalue weighted by molar-refractivity contribution is 5.89. The number of hydrogen-bond donors (Lipinski definition) is 2. The molecule has 6 rings (SSSR count). The average molecular weight is 545 g/mol. The monoisotopic (exact) mass is 544 g/mol. The van der Waals surface area contributed by atoms with Crippen LogP contribution in [-0.4, -0.2) is 80.2 Å². The number of hydrogen-bond acceptors (Lipinski definition) is 9. The molecule has 206 valence electrons. The van der Waals surface area contributed by atoms with Crippen LogP contribution in [-0.2, 0) is 9.47 Å². The van der Waals surface area contributed by atoms with Gasteiger partial charge in [0, 0.05) is 42.6 Å². The number of rotatable bonds is 6. The summed E-state index contributed by atoms with van der Waals surface area (Å²) >= 11 is 0. The third-order valence-corrected chi connectivity index (χ3v) is 7.21. The summed E-state index contributed by atoms with van der Waals surface area (Å²) in [6, 6.07) is 10.7. The lowest BCUT2D eigenvalue weighted by molar-refractivity contribution is -0.0857. The van der Waals surface area contributed by atoms with Gasteiger partial charge in [0.25, 0.3) is 0 Å². The highest BCUT2D eigenvalue weighted by Crippen LogP contribution is 2.36. The lowest BCUT2D eigenvalue weighted by atomic mass is 9.92. The molecule has 2 aliphatic heterocycles. The first-order valence-electron chi connectivity index (χ1n) is 12.9.